The van der Waals surface area contributed by atoms with Crippen molar-refractivity contribution >= 4 is 23.2 Å². The molecular weight excluding hydrogens is 264 g/mol. The number of carbonyl (C=O) groups is 1. The predicted molar refractivity (Wildman–Crippen MR) is 76.6 cm³/mol. The van der Waals surface area contributed by atoms with Gasteiger partial charge in [0.2, 0.25) is 5.91 Å². The molecule has 0 radical (unpaired) electrons. The number of phenolic OH excluding ortho intramolecular Hbond substituents is 1. The fourth-order valence-corrected chi connectivity index (χ4v) is 2.52. The molecule has 0 aliphatic carbocycles. The Morgan fingerprint density at radius 2 is 2.16 bits per heavy atom. The first-order chi connectivity index (χ1) is 9.10. The van der Waals surface area contributed by atoms with Crippen LogP contribution in [0.1, 0.15) is 19.8 Å². The molecule has 0 spiro atoms. The number of nitrogens with one attached hydrogen (secondary N) is 1. The Labute approximate surface area is 118 Å². The normalized spacial score (nSPS) is 17.4. The number of phenols is 1. The van der Waals surface area contributed by atoms with Crippen molar-refractivity contribution < 1.29 is 9.90 Å². The van der Waals surface area contributed by atoms with Gasteiger partial charge in [0, 0.05) is 11.6 Å². The van der Waals surface area contributed by atoms with Gasteiger partial charge in [-0.2, -0.15) is 0 Å². The number of halogens is 1. The molecule has 0 aromatic heterocycles. The summed E-state index contributed by atoms with van der Waals surface area (Å²) in [5, 5.41) is 12.4. The van der Waals surface area contributed by atoms with E-state index in [2.05, 4.69) is 17.1 Å². The number of hydrogen-bond acceptors (Lipinski definition) is 3. The minimum atomic E-state index is 0.0240. The van der Waals surface area contributed by atoms with E-state index in [9.17, 15) is 9.90 Å². The maximum Gasteiger partial charge on any atom is 0.227 e. The van der Waals surface area contributed by atoms with E-state index in [0.29, 0.717) is 5.69 Å². The van der Waals surface area contributed by atoms with Gasteiger partial charge in [-0.1, -0.05) is 18.5 Å². The predicted octanol–water partition coefficient (Wildman–Crippen LogP) is 2.72. The second kappa shape index (κ2) is 6.26. The highest BCUT2D eigenvalue weighted by Crippen LogP contribution is 2.27. The molecule has 1 fully saturated rings. The summed E-state index contributed by atoms with van der Waals surface area (Å²) in [6.07, 6.45) is 1.79. The lowest BCUT2D eigenvalue weighted by Crippen LogP contribution is -2.37. The average Bonchev–Trinajstić information content (AvgIpc) is 2.43. The van der Waals surface area contributed by atoms with E-state index in [0.717, 1.165) is 32.5 Å². The van der Waals surface area contributed by atoms with E-state index >= 15 is 0 Å². The van der Waals surface area contributed by atoms with Crippen LogP contribution in [0.25, 0.3) is 0 Å². The summed E-state index contributed by atoms with van der Waals surface area (Å²) < 4.78 is 0. The van der Waals surface area contributed by atoms with Gasteiger partial charge in [0.25, 0.3) is 0 Å². The van der Waals surface area contributed by atoms with Gasteiger partial charge in [-0.05, 0) is 50.7 Å². The van der Waals surface area contributed by atoms with Crippen molar-refractivity contribution in [3.63, 3.8) is 0 Å². The van der Waals surface area contributed by atoms with Gasteiger partial charge in [-0.15, -0.1) is 0 Å². The maximum atomic E-state index is 12.1. The number of hydrogen-bond donors (Lipinski definition) is 2. The third-order valence-electron chi connectivity index (χ3n) is 3.62. The van der Waals surface area contributed by atoms with E-state index in [4.69, 9.17) is 11.6 Å². The molecule has 104 valence electrons. The highest BCUT2D eigenvalue weighted by Gasteiger charge is 2.24. The first-order valence-electron chi connectivity index (χ1n) is 6.62. The lowest BCUT2D eigenvalue weighted by molar-refractivity contribution is -0.121. The molecule has 1 heterocycles. The van der Waals surface area contributed by atoms with Crippen molar-refractivity contribution in [2.45, 2.75) is 19.8 Å². The molecule has 1 amide bonds. The zero-order valence-electron chi connectivity index (χ0n) is 11.0. The quantitative estimate of drug-likeness (QED) is 0.838. The number of likely N-dealkylation sites (tertiary alicyclic amines) is 1. The van der Waals surface area contributed by atoms with Crippen LogP contribution in [0.5, 0.6) is 5.75 Å². The number of piperidine rings is 1. The fraction of sp³-hybridized carbons (Fsp3) is 0.500. The zero-order valence-corrected chi connectivity index (χ0v) is 11.8. The number of amides is 1. The van der Waals surface area contributed by atoms with E-state index in [1.165, 1.54) is 6.07 Å². The van der Waals surface area contributed by atoms with Gasteiger partial charge in [0.05, 0.1) is 5.02 Å². The van der Waals surface area contributed by atoms with E-state index in [1.54, 1.807) is 12.1 Å². The van der Waals surface area contributed by atoms with Crippen LogP contribution in [0.2, 0.25) is 5.02 Å². The number of benzene rings is 1. The second-order valence-corrected chi connectivity index (χ2v) is 5.27. The summed E-state index contributed by atoms with van der Waals surface area (Å²) >= 11 is 5.81. The smallest absolute Gasteiger partial charge is 0.227 e. The van der Waals surface area contributed by atoms with Crippen LogP contribution in [0.15, 0.2) is 18.2 Å². The van der Waals surface area contributed by atoms with Crippen LogP contribution >= 0.6 is 11.6 Å². The molecule has 1 saturated heterocycles. The van der Waals surface area contributed by atoms with Crippen LogP contribution in [0.3, 0.4) is 0 Å². The van der Waals surface area contributed by atoms with Crippen LogP contribution in [-0.2, 0) is 4.79 Å². The van der Waals surface area contributed by atoms with Gasteiger partial charge in [0.1, 0.15) is 5.75 Å². The number of rotatable bonds is 3. The van der Waals surface area contributed by atoms with Crippen LogP contribution in [0, 0.1) is 5.92 Å². The SMILES string of the molecule is CCN1CCC(C(=O)Nc2ccc(O)c(Cl)c2)CC1. The highest BCUT2D eigenvalue weighted by atomic mass is 35.5. The van der Waals surface area contributed by atoms with Gasteiger partial charge in [-0.3, -0.25) is 4.79 Å². The van der Waals surface area contributed by atoms with Gasteiger partial charge in [0.15, 0.2) is 0 Å². The van der Waals surface area contributed by atoms with E-state index < -0.39 is 0 Å². The molecule has 4 nitrogen and oxygen atoms in total. The average molecular weight is 283 g/mol. The Balaban J connectivity index is 1.92. The molecule has 1 aliphatic heterocycles. The summed E-state index contributed by atoms with van der Waals surface area (Å²) in [7, 11) is 0. The topological polar surface area (TPSA) is 52.6 Å². The lowest BCUT2D eigenvalue weighted by atomic mass is 9.96. The van der Waals surface area contributed by atoms with E-state index in [1.807, 2.05) is 0 Å². The first-order valence-corrected chi connectivity index (χ1v) is 6.99. The van der Waals surface area contributed by atoms with Crippen molar-refractivity contribution in [3.05, 3.63) is 23.2 Å². The minimum absolute atomic E-state index is 0.0240. The van der Waals surface area contributed by atoms with Gasteiger partial charge >= 0.3 is 0 Å². The molecular formula is C14H19ClN2O2. The molecule has 2 N–H and O–H groups in total. The van der Waals surface area contributed by atoms with Gasteiger partial charge in [-0.25, -0.2) is 0 Å². The molecule has 0 unspecified atom stereocenters. The monoisotopic (exact) mass is 282 g/mol. The molecule has 2 rings (SSSR count). The number of aromatic hydroxyl groups is 1. The molecule has 0 atom stereocenters. The maximum absolute atomic E-state index is 12.1. The summed E-state index contributed by atoms with van der Waals surface area (Å²) in [4.78, 5) is 14.5. The second-order valence-electron chi connectivity index (χ2n) is 4.86. The molecule has 5 heteroatoms. The number of nitrogens with zero attached hydrogens (tertiary/aromatic N) is 1. The van der Waals surface area contributed by atoms with Crippen molar-refractivity contribution in [1.82, 2.24) is 4.90 Å². The molecule has 1 aromatic rings. The molecule has 19 heavy (non-hydrogen) atoms. The van der Waals surface area contributed by atoms with Crippen LogP contribution in [0.4, 0.5) is 5.69 Å². The third kappa shape index (κ3) is 3.61. The fourth-order valence-electron chi connectivity index (χ4n) is 2.34. The van der Waals surface area contributed by atoms with Gasteiger partial charge < -0.3 is 15.3 Å². The molecule has 1 aliphatic rings. The van der Waals surface area contributed by atoms with Crippen molar-refractivity contribution in [3.8, 4) is 5.75 Å². The minimum Gasteiger partial charge on any atom is -0.506 e. The third-order valence-corrected chi connectivity index (χ3v) is 3.92. The molecule has 1 aromatic carbocycles. The van der Waals surface area contributed by atoms with E-state index in [-0.39, 0.29) is 22.6 Å². The number of anilines is 1. The summed E-state index contributed by atoms with van der Waals surface area (Å²) in [6.45, 7) is 5.14. The standard InChI is InChI=1S/C14H19ClN2O2/c1-2-17-7-5-10(6-8-17)14(19)16-11-3-4-13(18)12(15)9-11/h3-4,9-10,18H,2,5-8H2,1H3,(H,16,19). The summed E-state index contributed by atoms with van der Waals surface area (Å²) in [5.41, 5.74) is 0.630. The molecule has 0 bridgehead atoms. The summed E-state index contributed by atoms with van der Waals surface area (Å²) in [6, 6.07) is 4.70. The first kappa shape index (κ1) is 14.2. The summed E-state index contributed by atoms with van der Waals surface area (Å²) in [5.74, 6) is 0.129. The Bertz CT molecular complexity index is 457. The highest BCUT2D eigenvalue weighted by molar-refractivity contribution is 6.32. The van der Waals surface area contributed by atoms with Crippen molar-refractivity contribution in [1.29, 1.82) is 0 Å². The van der Waals surface area contributed by atoms with Crippen molar-refractivity contribution in [2.75, 3.05) is 25.0 Å². The Morgan fingerprint density at radius 1 is 1.47 bits per heavy atom. The Hall–Kier alpha value is -1.26. The number of carbonyl (C=O) groups excluding carboxylic acids is 1. The van der Waals surface area contributed by atoms with Crippen molar-refractivity contribution in [2.24, 2.45) is 5.92 Å². The largest absolute Gasteiger partial charge is 0.506 e. The Kier molecular flexibility index (Phi) is 4.66. The van der Waals surface area contributed by atoms with Crippen LogP contribution < -0.4 is 5.32 Å². The lowest BCUT2D eigenvalue weighted by Gasteiger charge is -2.30. The Morgan fingerprint density at radius 3 is 2.74 bits per heavy atom. The molecule has 0 saturated carbocycles. The zero-order chi connectivity index (χ0) is 13.8. The van der Waals surface area contributed by atoms with Crippen LogP contribution in [-0.4, -0.2) is 35.5 Å².